The normalized spacial score (nSPS) is 12.6. The highest BCUT2D eigenvalue weighted by atomic mass is 79.9. The van der Waals surface area contributed by atoms with Crippen LogP contribution >= 0.6 is 15.9 Å². The maximum absolute atomic E-state index is 4.33. The molecule has 0 amide bonds. The molecule has 0 spiro atoms. The highest BCUT2D eigenvalue weighted by molar-refractivity contribution is 9.10. The first-order valence-electron chi connectivity index (χ1n) is 6.68. The van der Waals surface area contributed by atoms with Crippen molar-refractivity contribution in [3.8, 4) is 0 Å². The standard InChI is InChI=1S/C15H20BrN3/c1-3-6-17-14(10-15-18-7-8-19-15)12-5-4-11(2)9-13(12)16/h4-5,7-9,14,17H,3,6,10H2,1-2H3,(H,18,19). The van der Waals surface area contributed by atoms with Gasteiger partial charge in [-0.1, -0.05) is 35.0 Å². The molecule has 0 fully saturated rings. The summed E-state index contributed by atoms with van der Waals surface area (Å²) in [6.45, 7) is 5.29. The second-order valence-electron chi connectivity index (χ2n) is 4.77. The van der Waals surface area contributed by atoms with Crippen molar-refractivity contribution in [1.29, 1.82) is 0 Å². The van der Waals surface area contributed by atoms with Gasteiger partial charge in [0.1, 0.15) is 5.82 Å². The number of imidazole rings is 1. The van der Waals surface area contributed by atoms with Gasteiger partial charge in [0.2, 0.25) is 0 Å². The predicted molar refractivity (Wildman–Crippen MR) is 82.2 cm³/mol. The summed E-state index contributed by atoms with van der Waals surface area (Å²) in [7, 11) is 0. The number of benzene rings is 1. The van der Waals surface area contributed by atoms with Gasteiger partial charge in [0.25, 0.3) is 0 Å². The summed E-state index contributed by atoms with van der Waals surface area (Å²) in [5.74, 6) is 1.01. The lowest BCUT2D eigenvalue weighted by Crippen LogP contribution is -2.25. The second-order valence-corrected chi connectivity index (χ2v) is 5.63. The minimum absolute atomic E-state index is 0.279. The Bertz CT molecular complexity index is 508. The molecule has 1 aromatic heterocycles. The molecule has 0 bridgehead atoms. The van der Waals surface area contributed by atoms with Crippen LogP contribution in [-0.4, -0.2) is 16.5 Å². The molecule has 1 heterocycles. The van der Waals surface area contributed by atoms with Gasteiger partial charge in [0.15, 0.2) is 0 Å². The summed E-state index contributed by atoms with van der Waals surface area (Å²) in [5.41, 5.74) is 2.55. The van der Waals surface area contributed by atoms with E-state index in [0.717, 1.165) is 29.7 Å². The van der Waals surface area contributed by atoms with Crippen LogP contribution in [0, 0.1) is 6.92 Å². The Balaban J connectivity index is 2.20. The summed E-state index contributed by atoms with van der Waals surface area (Å²) >= 11 is 3.67. The van der Waals surface area contributed by atoms with E-state index in [4.69, 9.17) is 0 Å². The average Bonchev–Trinajstić information content (AvgIpc) is 2.88. The zero-order valence-electron chi connectivity index (χ0n) is 11.4. The molecule has 2 N–H and O–H groups in total. The van der Waals surface area contributed by atoms with Gasteiger partial charge >= 0.3 is 0 Å². The Labute approximate surface area is 123 Å². The van der Waals surface area contributed by atoms with Gasteiger partial charge in [-0.05, 0) is 37.1 Å². The van der Waals surface area contributed by atoms with Gasteiger partial charge in [-0.15, -0.1) is 0 Å². The zero-order chi connectivity index (χ0) is 13.7. The largest absolute Gasteiger partial charge is 0.349 e. The van der Waals surface area contributed by atoms with Crippen LogP contribution in [0.4, 0.5) is 0 Å². The first-order chi connectivity index (χ1) is 9.20. The van der Waals surface area contributed by atoms with Crippen LogP contribution in [0.25, 0.3) is 0 Å². The fourth-order valence-electron chi connectivity index (χ4n) is 2.13. The number of rotatable bonds is 6. The first kappa shape index (κ1) is 14.3. The van der Waals surface area contributed by atoms with Crippen LogP contribution in [0.2, 0.25) is 0 Å². The molecule has 102 valence electrons. The summed E-state index contributed by atoms with van der Waals surface area (Å²) in [5, 5.41) is 3.59. The molecule has 1 unspecified atom stereocenters. The minimum atomic E-state index is 0.279. The van der Waals surface area contributed by atoms with E-state index in [1.54, 1.807) is 6.20 Å². The molecule has 2 rings (SSSR count). The topological polar surface area (TPSA) is 40.7 Å². The van der Waals surface area contributed by atoms with Gasteiger partial charge in [-0.25, -0.2) is 4.98 Å². The maximum atomic E-state index is 4.33. The number of nitrogens with one attached hydrogen (secondary N) is 2. The molecule has 0 saturated carbocycles. The van der Waals surface area contributed by atoms with Crippen LogP contribution in [0.5, 0.6) is 0 Å². The third kappa shape index (κ3) is 3.91. The number of H-pyrrole nitrogens is 1. The van der Waals surface area contributed by atoms with E-state index in [-0.39, 0.29) is 6.04 Å². The van der Waals surface area contributed by atoms with Crippen LogP contribution in [0.3, 0.4) is 0 Å². The fraction of sp³-hybridized carbons (Fsp3) is 0.400. The lowest BCUT2D eigenvalue weighted by atomic mass is 10.0. The van der Waals surface area contributed by atoms with Crippen molar-refractivity contribution in [3.63, 3.8) is 0 Å². The fourth-order valence-corrected chi connectivity index (χ4v) is 2.90. The Kier molecular flexibility index (Phi) is 5.16. The van der Waals surface area contributed by atoms with Crippen LogP contribution in [0.1, 0.15) is 36.3 Å². The number of nitrogens with zero attached hydrogens (tertiary/aromatic N) is 1. The van der Waals surface area contributed by atoms with E-state index in [0.29, 0.717) is 0 Å². The van der Waals surface area contributed by atoms with E-state index < -0.39 is 0 Å². The molecule has 0 saturated heterocycles. The number of aryl methyl sites for hydroxylation is 1. The summed E-state index contributed by atoms with van der Waals surface area (Å²) in [6.07, 6.45) is 5.67. The minimum Gasteiger partial charge on any atom is -0.349 e. The Hall–Kier alpha value is -1.13. The number of aromatic nitrogens is 2. The highest BCUT2D eigenvalue weighted by Gasteiger charge is 2.15. The molecule has 0 aliphatic carbocycles. The lowest BCUT2D eigenvalue weighted by Gasteiger charge is -2.19. The lowest BCUT2D eigenvalue weighted by molar-refractivity contribution is 0.518. The number of halogens is 1. The SMILES string of the molecule is CCCNC(Cc1ncc[nH]1)c1ccc(C)cc1Br. The molecule has 3 nitrogen and oxygen atoms in total. The quantitative estimate of drug-likeness (QED) is 0.850. The van der Waals surface area contributed by atoms with Crippen LogP contribution in [0.15, 0.2) is 35.1 Å². The molecular formula is C15H20BrN3. The number of hydrogen-bond acceptors (Lipinski definition) is 2. The average molecular weight is 322 g/mol. The van der Waals surface area contributed by atoms with Gasteiger partial charge in [-0.3, -0.25) is 0 Å². The third-order valence-corrected chi connectivity index (χ3v) is 3.81. The summed E-state index contributed by atoms with van der Waals surface area (Å²) in [4.78, 5) is 7.50. The Morgan fingerprint density at radius 2 is 2.26 bits per heavy atom. The molecule has 0 radical (unpaired) electrons. The van der Waals surface area contributed by atoms with Crippen molar-refractivity contribution in [1.82, 2.24) is 15.3 Å². The van der Waals surface area contributed by atoms with E-state index >= 15 is 0 Å². The predicted octanol–water partition coefficient (Wildman–Crippen LogP) is 3.76. The number of hydrogen-bond donors (Lipinski definition) is 2. The van der Waals surface area contributed by atoms with Crippen molar-refractivity contribution < 1.29 is 0 Å². The van der Waals surface area contributed by atoms with E-state index in [2.05, 4.69) is 63.3 Å². The molecule has 0 aliphatic heterocycles. The van der Waals surface area contributed by atoms with Crippen molar-refractivity contribution in [2.45, 2.75) is 32.7 Å². The highest BCUT2D eigenvalue weighted by Crippen LogP contribution is 2.26. The van der Waals surface area contributed by atoms with E-state index in [9.17, 15) is 0 Å². The van der Waals surface area contributed by atoms with Gasteiger partial charge < -0.3 is 10.3 Å². The van der Waals surface area contributed by atoms with Gasteiger partial charge in [0.05, 0.1) is 0 Å². The Morgan fingerprint density at radius 1 is 1.42 bits per heavy atom. The van der Waals surface area contributed by atoms with Crippen molar-refractivity contribution >= 4 is 15.9 Å². The molecule has 0 aliphatic rings. The third-order valence-electron chi connectivity index (χ3n) is 3.12. The van der Waals surface area contributed by atoms with Crippen LogP contribution in [-0.2, 0) is 6.42 Å². The van der Waals surface area contributed by atoms with Crippen molar-refractivity contribution in [2.24, 2.45) is 0 Å². The molecule has 19 heavy (non-hydrogen) atoms. The first-order valence-corrected chi connectivity index (χ1v) is 7.47. The van der Waals surface area contributed by atoms with Crippen LogP contribution < -0.4 is 5.32 Å². The summed E-state index contributed by atoms with van der Waals surface area (Å²) < 4.78 is 1.16. The molecule has 1 aromatic carbocycles. The molecule has 2 aromatic rings. The molecule has 4 heteroatoms. The van der Waals surface area contributed by atoms with Gasteiger partial charge in [-0.2, -0.15) is 0 Å². The molecular weight excluding hydrogens is 302 g/mol. The zero-order valence-corrected chi connectivity index (χ0v) is 13.0. The number of aromatic amines is 1. The molecule has 1 atom stereocenters. The second kappa shape index (κ2) is 6.87. The monoisotopic (exact) mass is 321 g/mol. The smallest absolute Gasteiger partial charge is 0.107 e. The van der Waals surface area contributed by atoms with Crippen molar-refractivity contribution in [3.05, 3.63) is 52.0 Å². The van der Waals surface area contributed by atoms with E-state index in [1.165, 1.54) is 11.1 Å². The van der Waals surface area contributed by atoms with Crippen molar-refractivity contribution in [2.75, 3.05) is 6.54 Å². The van der Waals surface area contributed by atoms with E-state index in [1.807, 2.05) is 6.20 Å². The Morgan fingerprint density at radius 3 is 2.89 bits per heavy atom. The maximum Gasteiger partial charge on any atom is 0.107 e. The summed E-state index contributed by atoms with van der Waals surface area (Å²) in [6, 6.07) is 6.79. The van der Waals surface area contributed by atoms with Gasteiger partial charge in [0, 0.05) is 29.3 Å².